The molecule has 22 heavy (non-hydrogen) atoms. The molecule has 1 aromatic rings. The van der Waals surface area contributed by atoms with Gasteiger partial charge in [-0.25, -0.2) is 4.99 Å². The van der Waals surface area contributed by atoms with Crippen LogP contribution in [-0.4, -0.2) is 39.4 Å². The monoisotopic (exact) mass is 307 g/mol. The van der Waals surface area contributed by atoms with Crippen LogP contribution in [0.3, 0.4) is 0 Å². The lowest BCUT2D eigenvalue weighted by Crippen LogP contribution is -2.38. The predicted octanol–water partition coefficient (Wildman–Crippen LogP) is 2.31. The Balaban J connectivity index is 2.63. The third kappa shape index (κ3) is 7.43. The summed E-state index contributed by atoms with van der Waals surface area (Å²) in [5, 5.41) is 6.48. The zero-order chi connectivity index (χ0) is 16.0. The van der Waals surface area contributed by atoms with Crippen LogP contribution in [0.5, 0.6) is 0 Å². The summed E-state index contributed by atoms with van der Waals surface area (Å²) in [6, 6.07) is 8.29. The van der Waals surface area contributed by atoms with Crippen LogP contribution >= 0.6 is 0 Å². The summed E-state index contributed by atoms with van der Waals surface area (Å²) in [6.45, 7) is 8.47. The SMILES string of the molecule is CCCOCc1ccccc1CN=C(NCC)NCCOC. The number of hydrogen-bond acceptors (Lipinski definition) is 3. The molecular formula is C17H29N3O2. The van der Waals surface area contributed by atoms with Gasteiger partial charge in [-0.3, -0.25) is 0 Å². The second kappa shape index (κ2) is 12.0. The second-order valence-corrected chi connectivity index (χ2v) is 4.94. The van der Waals surface area contributed by atoms with Crippen LogP contribution in [-0.2, 0) is 22.6 Å². The van der Waals surface area contributed by atoms with Gasteiger partial charge in [-0.2, -0.15) is 0 Å². The molecule has 0 bridgehead atoms. The molecule has 5 nitrogen and oxygen atoms in total. The van der Waals surface area contributed by atoms with Crippen molar-refractivity contribution in [1.82, 2.24) is 10.6 Å². The molecule has 124 valence electrons. The van der Waals surface area contributed by atoms with Gasteiger partial charge in [0.1, 0.15) is 0 Å². The largest absolute Gasteiger partial charge is 0.383 e. The first-order chi connectivity index (χ1) is 10.8. The summed E-state index contributed by atoms with van der Waals surface area (Å²) >= 11 is 0. The van der Waals surface area contributed by atoms with Crippen LogP contribution in [0.4, 0.5) is 0 Å². The number of aliphatic imine (C=N–C) groups is 1. The number of benzene rings is 1. The smallest absolute Gasteiger partial charge is 0.191 e. The molecule has 2 N–H and O–H groups in total. The van der Waals surface area contributed by atoms with Crippen LogP contribution in [0.2, 0.25) is 0 Å². The summed E-state index contributed by atoms with van der Waals surface area (Å²) in [4.78, 5) is 4.63. The van der Waals surface area contributed by atoms with E-state index in [2.05, 4.69) is 41.6 Å². The molecule has 0 heterocycles. The van der Waals surface area contributed by atoms with Crippen molar-refractivity contribution in [2.45, 2.75) is 33.4 Å². The number of nitrogens with zero attached hydrogens (tertiary/aromatic N) is 1. The summed E-state index contributed by atoms with van der Waals surface area (Å²) < 4.78 is 10.7. The zero-order valence-electron chi connectivity index (χ0n) is 14.0. The Morgan fingerprint density at radius 3 is 2.55 bits per heavy atom. The molecule has 0 amide bonds. The van der Waals surface area contributed by atoms with E-state index in [9.17, 15) is 0 Å². The Morgan fingerprint density at radius 2 is 1.86 bits per heavy atom. The molecule has 0 saturated carbocycles. The van der Waals surface area contributed by atoms with Crippen molar-refractivity contribution in [2.24, 2.45) is 4.99 Å². The number of nitrogens with one attached hydrogen (secondary N) is 2. The van der Waals surface area contributed by atoms with Gasteiger partial charge in [0.05, 0.1) is 19.8 Å². The van der Waals surface area contributed by atoms with Gasteiger partial charge >= 0.3 is 0 Å². The highest BCUT2D eigenvalue weighted by Gasteiger charge is 2.02. The van der Waals surface area contributed by atoms with Crippen molar-refractivity contribution >= 4 is 5.96 Å². The molecule has 0 aromatic heterocycles. The van der Waals surface area contributed by atoms with Gasteiger partial charge in [0.2, 0.25) is 0 Å². The zero-order valence-corrected chi connectivity index (χ0v) is 14.0. The van der Waals surface area contributed by atoms with Crippen molar-refractivity contribution < 1.29 is 9.47 Å². The van der Waals surface area contributed by atoms with Gasteiger partial charge in [0, 0.05) is 26.8 Å². The van der Waals surface area contributed by atoms with Crippen LogP contribution in [0.15, 0.2) is 29.3 Å². The minimum atomic E-state index is 0.633. The first-order valence-corrected chi connectivity index (χ1v) is 7.97. The first kappa shape index (κ1) is 18.5. The number of methoxy groups -OCH3 is 1. The fourth-order valence-corrected chi connectivity index (χ4v) is 1.96. The Bertz CT molecular complexity index is 436. The molecule has 0 unspecified atom stereocenters. The lowest BCUT2D eigenvalue weighted by Gasteiger charge is -2.12. The quantitative estimate of drug-likeness (QED) is 0.396. The number of hydrogen-bond donors (Lipinski definition) is 2. The van der Waals surface area contributed by atoms with Crippen molar-refractivity contribution in [3.63, 3.8) is 0 Å². The van der Waals surface area contributed by atoms with E-state index in [0.29, 0.717) is 19.8 Å². The van der Waals surface area contributed by atoms with E-state index < -0.39 is 0 Å². The minimum absolute atomic E-state index is 0.633. The van der Waals surface area contributed by atoms with E-state index >= 15 is 0 Å². The summed E-state index contributed by atoms with van der Waals surface area (Å²) in [5.41, 5.74) is 2.40. The van der Waals surface area contributed by atoms with Gasteiger partial charge < -0.3 is 20.1 Å². The highest BCUT2D eigenvalue weighted by atomic mass is 16.5. The minimum Gasteiger partial charge on any atom is -0.383 e. The Morgan fingerprint density at radius 1 is 1.09 bits per heavy atom. The van der Waals surface area contributed by atoms with Crippen molar-refractivity contribution in [3.8, 4) is 0 Å². The second-order valence-electron chi connectivity index (χ2n) is 4.94. The standard InChI is InChI=1S/C17H29N3O2/c1-4-11-22-14-16-9-7-6-8-15(16)13-20-17(18-5-2)19-10-12-21-3/h6-9H,4-5,10-14H2,1-3H3,(H2,18,19,20). The third-order valence-corrected chi connectivity index (χ3v) is 3.07. The molecule has 0 atom stereocenters. The van der Waals surface area contributed by atoms with Gasteiger partial charge in [0.15, 0.2) is 5.96 Å². The van der Waals surface area contributed by atoms with E-state index in [0.717, 1.165) is 32.1 Å². The molecule has 5 heteroatoms. The lowest BCUT2D eigenvalue weighted by atomic mass is 10.1. The predicted molar refractivity (Wildman–Crippen MR) is 91.1 cm³/mol. The topological polar surface area (TPSA) is 54.9 Å². The van der Waals surface area contributed by atoms with Gasteiger partial charge in [0.25, 0.3) is 0 Å². The van der Waals surface area contributed by atoms with Crippen LogP contribution in [0.25, 0.3) is 0 Å². The highest BCUT2D eigenvalue weighted by molar-refractivity contribution is 5.79. The van der Waals surface area contributed by atoms with E-state index in [-0.39, 0.29) is 0 Å². The molecule has 0 aliphatic carbocycles. The van der Waals surface area contributed by atoms with Crippen molar-refractivity contribution in [3.05, 3.63) is 35.4 Å². The summed E-state index contributed by atoms with van der Waals surface area (Å²) in [6.07, 6.45) is 1.04. The average molecular weight is 307 g/mol. The maximum atomic E-state index is 5.65. The maximum absolute atomic E-state index is 5.65. The molecule has 0 spiro atoms. The molecule has 0 radical (unpaired) electrons. The Hall–Kier alpha value is -1.59. The lowest BCUT2D eigenvalue weighted by molar-refractivity contribution is 0.121. The fraction of sp³-hybridized carbons (Fsp3) is 0.588. The van der Waals surface area contributed by atoms with Crippen molar-refractivity contribution in [2.75, 3.05) is 33.4 Å². The molecule has 1 aromatic carbocycles. The first-order valence-electron chi connectivity index (χ1n) is 7.97. The average Bonchev–Trinajstić information content (AvgIpc) is 2.54. The van der Waals surface area contributed by atoms with Crippen LogP contribution < -0.4 is 10.6 Å². The number of guanidine groups is 1. The van der Waals surface area contributed by atoms with Gasteiger partial charge in [-0.1, -0.05) is 31.2 Å². The Kier molecular flexibility index (Phi) is 10.1. The van der Waals surface area contributed by atoms with E-state index in [4.69, 9.17) is 9.47 Å². The van der Waals surface area contributed by atoms with Crippen LogP contribution in [0.1, 0.15) is 31.4 Å². The fourth-order valence-electron chi connectivity index (χ4n) is 1.96. The van der Waals surface area contributed by atoms with Gasteiger partial charge in [-0.05, 0) is 24.5 Å². The molecule has 1 rings (SSSR count). The van der Waals surface area contributed by atoms with Gasteiger partial charge in [-0.15, -0.1) is 0 Å². The van der Waals surface area contributed by atoms with E-state index in [1.165, 1.54) is 11.1 Å². The molecule has 0 fully saturated rings. The number of ether oxygens (including phenoxy) is 2. The van der Waals surface area contributed by atoms with E-state index in [1.807, 2.05) is 12.1 Å². The molecular weight excluding hydrogens is 278 g/mol. The molecule has 0 aliphatic heterocycles. The summed E-state index contributed by atoms with van der Waals surface area (Å²) in [7, 11) is 1.69. The summed E-state index contributed by atoms with van der Waals surface area (Å²) in [5.74, 6) is 0.809. The van der Waals surface area contributed by atoms with E-state index in [1.54, 1.807) is 7.11 Å². The third-order valence-electron chi connectivity index (χ3n) is 3.07. The molecule has 0 aliphatic rings. The highest BCUT2D eigenvalue weighted by Crippen LogP contribution is 2.11. The Labute approximate surface area is 134 Å². The number of rotatable bonds is 10. The van der Waals surface area contributed by atoms with Crippen LogP contribution in [0, 0.1) is 0 Å². The normalized spacial score (nSPS) is 11.5. The molecule has 0 saturated heterocycles. The maximum Gasteiger partial charge on any atom is 0.191 e. The van der Waals surface area contributed by atoms with Crippen molar-refractivity contribution in [1.29, 1.82) is 0 Å².